The number of halogens is 1. The Kier molecular flexibility index (Phi) is 7.07. The van der Waals surface area contributed by atoms with Crippen LogP contribution in [-0.2, 0) is 17.9 Å². The summed E-state index contributed by atoms with van der Waals surface area (Å²) in [4.78, 5) is 14.5. The summed E-state index contributed by atoms with van der Waals surface area (Å²) in [5.41, 5.74) is 3.54. The number of anilines is 1. The summed E-state index contributed by atoms with van der Waals surface area (Å²) in [7, 11) is 1.94. The molecule has 1 heterocycles. The lowest BCUT2D eigenvalue weighted by Crippen LogP contribution is -2.30. The van der Waals surface area contributed by atoms with Gasteiger partial charge in [0.25, 0.3) is 0 Å². The molecule has 0 aliphatic heterocycles. The Labute approximate surface area is 177 Å². The molecule has 152 valence electrons. The van der Waals surface area contributed by atoms with Crippen molar-refractivity contribution < 1.29 is 4.79 Å². The number of likely N-dealkylation sites (N-methyl/N-ethyl adjacent to an activating group) is 1. The zero-order valence-corrected chi connectivity index (χ0v) is 17.9. The highest BCUT2D eigenvalue weighted by molar-refractivity contribution is 6.30. The van der Waals surface area contributed by atoms with Crippen molar-refractivity contribution in [1.82, 2.24) is 14.7 Å². The molecule has 0 unspecified atom stereocenters. The van der Waals surface area contributed by atoms with Crippen molar-refractivity contribution in [1.29, 1.82) is 0 Å². The van der Waals surface area contributed by atoms with Gasteiger partial charge in [-0.05, 0) is 41.8 Å². The Morgan fingerprint density at radius 2 is 1.90 bits per heavy atom. The Morgan fingerprint density at radius 3 is 2.59 bits per heavy atom. The van der Waals surface area contributed by atoms with Crippen molar-refractivity contribution in [2.75, 3.05) is 18.9 Å². The van der Waals surface area contributed by atoms with Crippen LogP contribution in [0.25, 0.3) is 0 Å². The SMILES string of the molecule is CC(C)c1ccc(CN(C)CC(=O)Nc2ccnn2Cc2cccc(Cl)c2)cc1. The first-order valence-corrected chi connectivity index (χ1v) is 10.1. The summed E-state index contributed by atoms with van der Waals surface area (Å²) in [6.07, 6.45) is 1.68. The number of nitrogens with one attached hydrogen (secondary N) is 1. The Bertz CT molecular complexity index is 950. The van der Waals surface area contributed by atoms with Gasteiger partial charge in [-0.15, -0.1) is 0 Å². The third kappa shape index (κ3) is 6.17. The number of carbonyl (C=O) groups is 1. The van der Waals surface area contributed by atoms with Crippen LogP contribution >= 0.6 is 11.6 Å². The van der Waals surface area contributed by atoms with E-state index in [1.165, 1.54) is 11.1 Å². The molecule has 3 aromatic rings. The van der Waals surface area contributed by atoms with Crippen LogP contribution in [0, 0.1) is 0 Å². The van der Waals surface area contributed by atoms with Crippen LogP contribution in [0.4, 0.5) is 5.82 Å². The molecule has 29 heavy (non-hydrogen) atoms. The van der Waals surface area contributed by atoms with Crippen molar-refractivity contribution in [2.45, 2.75) is 32.9 Å². The minimum absolute atomic E-state index is 0.0702. The van der Waals surface area contributed by atoms with Gasteiger partial charge in [-0.2, -0.15) is 5.10 Å². The van der Waals surface area contributed by atoms with Crippen molar-refractivity contribution in [2.24, 2.45) is 0 Å². The van der Waals surface area contributed by atoms with Crippen LogP contribution in [0.2, 0.25) is 5.02 Å². The molecule has 0 spiro atoms. The first-order valence-electron chi connectivity index (χ1n) is 9.74. The van der Waals surface area contributed by atoms with Gasteiger partial charge in [-0.25, -0.2) is 4.68 Å². The van der Waals surface area contributed by atoms with E-state index < -0.39 is 0 Å². The number of nitrogens with zero attached hydrogens (tertiary/aromatic N) is 3. The lowest BCUT2D eigenvalue weighted by Gasteiger charge is -2.17. The average Bonchev–Trinajstić information content (AvgIpc) is 3.08. The van der Waals surface area contributed by atoms with Gasteiger partial charge in [-0.1, -0.05) is 61.8 Å². The fourth-order valence-corrected chi connectivity index (χ4v) is 3.39. The summed E-state index contributed by atoms with van der Waals surface area (Å²) in [5, 5.41) is 7.95. The number of hydrogen-bond donors (Lipinski definition) is 1. The first kappa shape index (κ1) is 21.1. The monoisotopic (exact) mass is 410 g/mol. The quantitative estimate of drug-likeness (QED) is 0.581. The highest BCUT2D eigenvalue weighted by Gasteiger charge is 2.11. The van der Waals surface area contributed by atoms with Gasteiger partial charge in [0, 0.05) is 17.6 Å². The number of aromatic nitrogens is 2. The van der Waals surface area contributed by atoms with E-state index in [4.69, 9.17) is 11.6 Å². The number of amides is 1. The first-order chi connectivity index (χ1) is 13.9. The minimum Gasteiger partial charge on any atom is -0.310 e. The molecule has 0 aliphatic rings. The van der Waals surface area contributed by atoms with E-state index in [1.54, 1.807) is 16.9 Å². The molecular weight excluding hydrogens is 384 g/mol. The predicted molar refractivity (Wildman–Crippen MR) is 118 cm³/mol. The van der Waals surface area contributed by atoms with E-state index in [2.05, 4.69) is 48.5 Å². The van der Waals surface area contributed by atoms with Gasteiger partial charge in [0.15, 0.2) is 0 Å². The van der Waals surface area contributed by atoms with Crippen molar-refractivity contribution >= 4 is 23.3 Å². The standard InChI is InChI=1S/C23H27ClN4O/c1-17(2)20-9-7-18(8-10-20)14-27(3)16-23(29)26-22-11-12-25-28(22)15-19-5-4-6-21(24)13-19/h4-13,17H,14-16H2,1-3H3,(H,26,29). The zero-order chi connectivity index (χ0) is 20.8. The molecule has 3 rings (SSSR count). The largest absolute Gasteiger partial charge is 0.310 e. The maximum atomic E-state index is 12.5. The molecule has 0 saturated carbocycles. The summed E-state index contributed by atoms with van der Waals surface area (Å²) >= 11 is 6.05. The summed E-state index contributed by atoms with van der Waals surface area (Å²) < 4.78 is 1.76. The number of hydrogen-bond acceptors (Lipinski definition) is 3. The van der Waals surface area contributed by atoms with E-state index in [0.29, 0.717) is 36.4 Å². The van der Waals surface area contributed by atoms with Crippen LogP contribution in [0.15, 0.2) is 60.8 Å². The zero-order valence-electron chi connectivity index (χ0n) is 17.1. The summed E-state index contributed by atoms with van der Waals surface area (Å²) in [6, 6.07) is 18.0. The van der Waals surface area contributed by atoms with Crippen LogP contribution in [0.1, 0.15) is 36.5 Å². The highest BCUT2D eigenvalue weighted by atomic mass is 35.5. The van der Waals surface area contributed by atoms with Gasteiger partial charge >= 0.3 is 0 Å². The fraction of sp³-hybridized carbons (Fsp3) is 0.304. The van der Waals surface area contributed by atoms with Crippen LogP contribution in [0.5, 0.6) is 0 Å². The lowest BCUT2D eigenvalue weighted by molar-refractivity contribution is -0.117. The van der Waals surface area contributed by atoms with E-state index in [-0.39, 0.29) is 5.91 Å². The second kappa shape index (κ2) is 9.72. The average molecular weight is 411 g/mol. The number of carbonyl (C=O) groups excluding carboxylic acids is 1. The maximum absolute atomic E-state index is 12.5. The van der Waals surface area contributed by atoms with Gasteiger partial charge in [0.05, 0.1) is 19.3 Å². The molecule has 0 saturated heterocycles. The Balaban J connectivity index is 1.55. The molecule has 5 nitrogen and oxygen atoms in total. The third-order valence-corrected chi connectivity index (χ3v) is 4.95. The normalized spacial score (nSPS) is 11.2. The number of rotatable bonds is 8. The molecule has 0 atom stereocenters. The molecule has 0 fully saturated rings. The summed E-state index contributed by atoms with van der Waals surface area (Å²) in [5.74, 6) is 1.12. The highest BCUT2D eigenvalue weighted by Crippen LogP contribution is 2.16. The Morgan fingerprint density at radius 1 is 1.14 bits per heavy atom. The van der Waals surface area contributed by atoms with Crippen LogP contribution in [-0.4, -0.2) is 34.2 Å². The van der Waals surface area contributed by atoms with E-state index in [0.717, 1.165) is 5.56 Å². The molecule has 0 radical (unpaired) electrons. The maximum Gasteiger partial charge on any atom is 0.239 e. The molecule has 1 N–H and O–H groups in total. The second-order valence-electron chi connectivity index (χ2n) is 7.62. The van der Waals surface area contributed by atoms with E-state index >= 15 is 0 Å². The lowest BCUT2D eigenvalue weighted by atomic mass is 10.0. The minimum atomic E-state index is -0.0702. The van der Waals surface area contributed by atoms with Gasteiger partial charge in [-0.3, -0.25) is 9.69 Å². The fourth-order valence-electron chi connectivity index (χ4n) is 3.18. The van der Waals surface area contributed by atoms with E-state index in [1.807, 2.05) is 36.2 Å². The van der Waals surface area contributed by atoms with Crippen molar-refractivity contribution in [3.8, 4) is 0 Å². The Hall–Kier alpha value is -2.63. The molecule has 1 aromatic heterocycles. The van der Waals surface area contributed by atoms with Gasteiger partial charge in [0.2, 0.25) is 5.91 Å². The molecular formula is C23H27ClN4O. The number of benzene rings is 2. The predicted octanol–water partition coefficient (Wildman–Crippen LogP) is 4.78. The molecule has 6 heteroatoms. The molecule has 1 amide bonds. The smallest absolute Gasteiger partial charge is 0.239 e. The second-order valence-corrected chi connectivity index (χ2v) is 8.06. The van der Waals surface area contributed by atoms with Gasteiger partial charge in [0.1, 0.15) is 5.82 Å². The molecule has 0 aliphatic carbocycles. The summed E-state index contributed by atoms with van der Waals surface area (Å²) in [6.45, 7) is 5.92. The van der Waals surface area contributed by atoms with Crippen LogP contribution in [0.3, 0.4) is 0 Å². The molecule has 0 bridgehead atoms. The topological polar surface area (TPSA) is 50.2 Å². The van der Waals surface area contributed by atoms with Gasteiger partial charge < -0.3 is 5.32 Å². The third-order valence-electron chi connectivity index (χ3n) is 4.72. The van der Waals surface area contributed by atoms with Crippen molar-refractivity contribution in [3.05, 3.63) is 82.5 Å². The van der Waals surface area contributed by atoms with E-state index in [9.17, 15) is 4.79 Å². The molecule has 2 aromatic carbocycles. The van der Waals surface area contributed by atoms with Crippen LogP contribution < -0.4 is 5.32 Å². The van der Waals surface area contributed by atoms with Crippen molar-refractivity contribution in [3.63, 3.8) is 0 Å².